The molecule has 0 aliphatic heterocycles. The van der Waals surface area contributed by atoms with E-state index >= 15 is 0 Å². The molecule has 192 valence electrons. The van der Waals surface area contributed by atoms with Gasteiger partial charge in [-0.2, -0.15) is 0 Å². The van der Waals surface area contributed by atoms with Crippen LogP contribution in [0, 0.1) is 0 Å². The zero-order valence-corrected chi connectivity index (χ0v) is 23.6. The lowest BCUT2D eigenvalue weighted by Crippen LogP contribution is -2.50. The van der Waals surface area contributed by atoms with Crippen molar-refractivity contribution in [1.82, 2.24) is 0 Å². The minimum absolute atomic E-state index is 0.264. The molecule has 38 heavy (non-hydrogen) atoms. The fourth-order valence-electron chi connectivity index (χ4n) is 4.51. The largest absolute Gasteiger partial charge is 0.458 e. The van der Waals surface area contributed by atoms with Gasteiger partial charge in [-0.25, -0.2) is 4.79 Å². The Hall–Kier alpha value is -3.46. The number of carbonyl (C=O) groups excluding carboxylic acids is 1. The Balaban J connectivity index is 1.74. The van der Waals surface area contributed by atoms with Gasteiger partial charge in [-0.3, -0.25) is 0 Å². The first-order chi connectivity index (χ1) is 18.3. The van der Waals surface area contributed by atoms with Gasteiger partial charge in [-0.1, -0.05) is 97.1 Å². The van der Waals surface area contributed by atoms with Crippen molar-refractivity contribution in [3.05, 3.63) is 126 Å². The highest BCUT2D eigenvalue weighted by molar-refractivity contribution is 7.73. The molecule has 0 saturated heterocycles. The molecule has 0 saturated carbocycles. The number of fused-ring (bicyclic) bond motifs is 1. The second-order valence-electron chi connectivity index (χ2n) is 10.3. The van der Waals surface area contributed by atoms with E-state index in [1.165, 1.54) is 10.6 Å². The summed E-state index contributed by atoms with van der Waals surface area (Å²) in [7, 11) is -0.919. The minimum Gasteiger partial charge on any atom is -0.458 e. The quantitative estimate of drug-likeness (QED) is 0.163. The molecule has 3 nitrogen and oxygen atoms in total. The molecule has 1 aromatic heterocycles. The van der Waals surface area contributed by atoms with E-state index in [1.54, 1.807) is 11.3 Å². The van der Waals surface area contributed by atoms with E-state index in [2.05, 4.69) is 72.0 Å². The second kappa shape index (κ2) is 11.1. The van der Waals surface area contributed by atoms with E-state index in [0.29, 0.717) is 6.16 Å². The van der Waals surface area contributed by atoms with Crippen LogP contribution in [0.25, 0.3) is 10.1 Å². The van der Waals surface area contributed by atoms with Crippen LogP contribution < -0.4 is 15.9 Å². The molecule has 1 heterocycles. The normalized spacial score (nSPS) is 13.3. The van der Waals surface area contributed by atoms with Gasteiger partial charge < -0.3 is 10.1 Å². The Bertz CT molecular complexity index is 1420. The first-order valence-electron chi connectivity index (χ1n) is 12.8. The average molecular weight is 538 g/mol. The third-order valence-electron chi connectivity index (χ3n) is 6.26. The maximum Gasteiger partial charge on any atom is 0.338 e. The number of hydrogen-bond acceptors (Lipinski definition) is 4. The topological polar surface area (TPSA) is 38.3 Å². The van der Waals surface area contributed by atoms with Gasteiger partial charge in [0.05, 0.1) is 0 Å². The average Bonchev–Trinajstić information content (AvgIpc) is 3.36. The van der Waals surface area contributed by atoms with E-state index in [0.717, 1.165) is 20.7 Å². The van der Waals surface area contributed by atoms with Gasteiger partial charge >= 0.3 is 5.97 Å². The highest BCUT2D eigenvalue weighted by atomic mass is 32.1. The lowest BCUT2D eigenvalue weighted by molar-refractivity contribution is -0.160. The smallest absolute Gasteiger partial charge is 0.338 e. The predicted octanol–water partition coefficient (Wildman–Crippen LogP) is 7.68. The number of nitrogens with one attached hydrogen (secondary N) is 1. The highest BCUT2D eigenvalue weighted by Gasteiger charge is 2.47. The summed E-state index contributed by atoms with van der Waals surface area (Å²) in [4.78, 5) is 15.4. The SMILES string of the molecule is CC(C)(C)OC(=O)C(CP(c1ccccc1)c1ccccc1)(Nc1ccccc1)c1cc2ccccc2s1. The number of ether oxygens (including phenoxy) is 1. The lowest BCUT2D eigenvalue weighted by atomic mass is 9.97. The van der Waals surface area contributed by atoms with Gasteiger partial charge in [-0.15, -0.1) is 11.3 Å². The number of benzene rings is 4. The summed E-state index contributed by atoms with van der Waals surface area (Å²) in [6, 6.07) is 41.5. The lowest BCUT2D eigenvalue weighted by Gasteiger charge is -2.38. The molecule has 0 aliphatic rings. The molecule has 5 heteroatoms. The standard InChI is InChI=1S/C33H32NO2PS/c1-32(2,3)36-31(35)33(34-26-16-7-4-8-17-26,30-23-25-15-13-14-22-29(25)38-30)24-37(27-18-9-5-10-19-27)28-20-11-6-12-21-28/h4-23,34H,24H2,1-3H3. The number of carbonyl (C=O) groups is 1. The predicted molar refractivity (Wildman–Crippen MR) is 163 cm³/mol. The van der Waals surface area contributed by atoms with Gasteiger partial charge in [0, 0.05) is 21.4 Å². The molecule has 0 fully saturated rings. The van der Waals surface area contributed by atoms with Crippen molar-refractivity contribution in [2.24, 2.45) is 0 Å². The molecular weight excluding hydrogens is 505 g/mol. The number of thiophene rings is 1. The Morgan fingerprint density at radius 2 is 1.29 bits per heavy atom. The van der Waals surface area contributed by atoms with Gasteiger partial charge in [0.15, 0.2) is 5.54 Å². The summed E-state index contributed by atoms with van der Waals surface area (Å²) in [5, 5.41) is 7.28. The number of para-hydroxylation sites is 1. The van der Waals surface area contributed by atoms with Crippen molar-refractivity contribution in [2.45, 2.75) is 31.9 Å². The van der Waals surface area contributed by atoms with Crippen LogP contribution in [0.1, 0.15) is 25.6 Å². The van der Waals surface area contributed by atoms with Gasteiger partial charge in [0.25, 0.3) is 0 Å². The Kier molecular flexibility index (Phi) is 7.65. The van der Waals surface area contributed by atoms with Crippen LogP contribution in [-0.2, 0) is 15.1 Å². The van der Waals surface area contributed by atoms with E-state index in [-0.39, 0.29) is 5.97 Å². The molecule has 5 rings (SSSR count). The second-order valence-corrected chi connectivity index (χ2v) is 13.6. The summed E-state index contributed by atoms with van der Waals surface area (Å²) >= 11 is 1.66. The van der Waals surface area contributed by atoms with E-state index < -0.39 is 19.1 Å². The van der Waals surface area contributed by atoms with Gasteiger partial charge in [0.1, 0.15) is 5.60 Å². The third-order valence-corrected chi connectivity index (χ3v) is 10.2. The number of rotatable bonds is 8. The fraction of sp³-hybridized carbons (Fsp3) is 0.182. The number of anilines is 1. The van der Waals surface area contributed by atoms with Crippen LogP contribution in [0.4, 0.5) is 5.69 Å². The molecule has 1 atom stereocenters. The van der Waals surface area contributed by atoms with Crippen molar-refractivity contribution >= 4 is 51.6 Å². The maximum absolute atomic E-state index is 14.5. The first-order valence-corrected chi connectivity index (χ1v) is 15.1. The number of hydrogen-bond donors (Lipinski definition) is 1. The zero-order chi connectivity index (χ0) is 26.6. The van der Waals surface area contributed by atoms with Gasteiger partial charge in [0.2, 0.25) is 0 Å². The number of esters is 1. The van der Waals surface area contributed by atoms with Crippen molar-refractivity contribution in [3.8, 4) is 0 Å². The van der Waals surface area contributed by atoms with Crippen LogP contribution in [0.3, 0.4) is 0 Å². The first kappa shape index (κ1) is 26.2. The molecule has 0 amide bonds. The molecule has 4 aromatic carbocycles. The Morgan fingerprint density at radius 1 is 0.763 bits per heavy atom. The molecule has 0 bridgehead atoms. The summed E-state index contributed by atoms with van der Waals surface area (Å²) in [6.45, 7) is 5.79. The molecular formula is C33H32NO2PS. The van der Waals surface area contributed by atoms with Crippen molar-refractivity contribution < 1.29 is 9.53 Å². The van der Waals surface area contributed by atoms with Crippen LogP contribution in [0.2, 0.25) is 0 Å². The van der Waals surface area contributed by atoms with Crippen molar-refractivity contribution in [2.75, 3.05) is 11.5 Å². The van der Waals surface area contributed by atoms with Crippen molar-refractivity contribution in [1.29, 1.82) is 0 Å². The molecule has 5 aromatic rings. The molecule has 1 unspecified atom stereocenters. The van der Waals surface area contributed by atoms with Crippen molar-refractivity contribution in [3.63, 3.8) is 0 Å². The summed E-state index contributed by atoms with van der Waals surface area (Å²) in [5.41, 5.74) is -0.859. The van der Waals surface area contributed by atoms with Gasteiger partial charge in [-0.05, 0) is 69.0 Å². The van der Waals surface area contributed by atoms with E-state index in [9.17, 15) is 4.79 Å². The summed E-state index contributed by atoms with van der Waals surface area (Å²) in [5.74, 6) is -0.264. The molecule has 1 N–H and O–H groups in total. The summed E-state index contributed by atoms with van der Waals surface area (Å²) in [6.07, 6.45) is 0.549. The Labute approximate surface area is 230 Å². The Morgan fingerprint density at radius 3 is 1.84 bits per heavy atom. The minimum atomic E-state index is -1.10. The zero-order valence-electron chi connectivity index (χ0n) is 21.9. The van der Waals surface area contributed by atoms with Crippen LogP contribution in [0.5, 0.6) is 0 Å². The van der Waals surface area contributed by atoms with E-state index in [1.807, 2.05) is 75.4 Å². The summed E-state index contributed by atoms with van der Waals surface area (Å²) < 4.78 is 7.36. The third kappa shape index (κ3) is 5.83. The highest BCUT2D eigenvalue weighted by Crippen LogP contribution is 2.46. The van der Waals surface area contributed by atoms with Crippen LogP contribution >= 0.6 is 19.3 Å². The van der Waals surface area contributed by atoms with E-state index in [4.69, 9.17) is 4.74 Å². The maximum atomic E-state index is 14.5. The fourth-order valence-corrected chi connectivity index (χ4v) is 8.39. The van der Waals surface area contributed by atoms with Crippen LogP contribution in [-0.4, -0.2) is 17.7 Å². The molecule has 0 spiro atoms. The molecule has 0 aliphatic carbocycles. The van der Waals surface area contributed by atoms with Crippen LogP contribution in [0.15, 0.2) is 121 Å². The monoisotopic (exact) mass is 537 g/mol. The molecule has 0 radical (unpaired) electrons.